The van der Waals surface area contributed by atoms with Gasteiger partial charge in [0.1, 0.15) is 0 Å². The van der Waals surface area contributed by atoms with Crippen LogP contribution in [0.4, 0.5) is 0 Å². The molecule has 1 saturated carbocycles. The van der Waals surface area contributed by atoms with Crippen molar-refractivity contribution in [3.8, 4) is 0 Å². The van der Waals surface area contributed by atoms with Gasteiger partial charge in [-0.15, -0.1) is 0 Å². The normalized spacial score (nSPS) is 21.2. The van der Waals surface area contributed by atoms with Crippen LogP contribution >= 0.6 is 0 Å². The van der Waals surface area contributed by atoms with Crippen LogP contribution in [0.25, 0.3) is 0 Å². The molecule has 1 aliphatic carbocycles. The SMILES string of the molecule is CCC(C)N(C)CC(C)CNC1CC1. The first-order valence-corrected chi connectivity index (χ1v) is 6.07. The second-order valence-electron chi connectivity index (χ2n) is 4.98. The number of hydrogen-bond acceptors (Lipinski definition) is 2. The molecule has 0 aliphatic heterocycles. The van der Waals surface area contributed by atoms with Crippen LogP contribution in [-0.2, 0) is 0 Å². The Morgan fingerprint density at radius 3 is 2.50 bits per heavy atom. The van der Waals surface area contributed by atoms with Gasteiger partial charge in [0.05, 0.1) is 0 Å². The largest absolute Gasteiger partial charge is 0.314 e. The van der Waals surface area contributed by atoms with Crippen molar-refractivity contribution in [2.75, 3.05) is 20.1 Å². The van der Waals surface area contributed by atoms with Crippen molar-refractivity contribution in [3.63, 3.8) is 0 Å². The van der Waals surface area contributed by atoms with Crippen LogP contribution in [0.3, 0.4) is 0 Å². The first-order valence-electron chi connectivity index (χ1n) is 6.07. The van der Waals surface area contributed by atoms with Crippen molar-refractivity contribution in [2.24, 2.45) is 5.92 Å². The Balaban J connectivity index is 2.07. The van der Waals surface area contributed by atoms with Crippen LogP contribution in [0.1, 0.15) is 40.0 Å². The minimum absolute atomic E-state index is 0.721. The van der Waals surface area contributed by atoms with Crippen molar-refractivity contribution < 1.29 is 0 Å². The molecule has 2 atom stereocenters. The van der Waals surface area contributed by atoms with Crippen LogP contribution in [0, 0.1) is 5.92 Å². The molecule has 0 saturated heterocycles. The number of rotatable bonds is 7. The maximum atomic E-state index is 3.59. The van der Waals surface area contributed by atoms with Gasteiger partial charge < -0.3 is 10.2 Å². The molecule has 1 fully saturated rings. The smallest absolute Gasteiger partial charge is 0.00683 e. The standard InChI is InChI=1S/C12H26N2/c1-5-11(3)14(4)9-10(2)8-13-12-6-7-12/h10-13H,5-9H2,1-4H3. The first-order chi connectivity index (χ1) is 6.63. The average Bonchev–Trinajstić information content (AvgIpc) is 2.96. The maximum Gasteiger partial charge on any atom is 0.00683 e. The van der Waals surface area contributed by atoms with Gasteiger partial charge >= 0.3 is 0 Å². The highest BCUT2D eigenvalue weighted by Gasteiger charge is 2.21. The monoisotopic (exact) mass is 198 g/mol. The Labute approximate surface area is 89.1 Å². The third kappa shape index (κ3) is 4.43. The Hall–Kier alpha value is -0.0800. The molecule has 0 spiro atoms. The van der Waals surface area contributed by atoms with Crippen molar-refractivity contribution in [2.45, 2.75) is 52.1 Å². The summed E-state index contributed by atoms with van der Waals surface area (Å²) in [6.45, 7) is 9.31. The quantitative estimate of drug-likeness (QED) is 0.674. The van der Waals surface area contributed by atoms with Crippen LogP contribution < -0.4 is 5.32 Å². The second kappa shape index (κ2) is 5.72. The Morgan fingerprint density at radius 2 is 2.00 bits per heavy atom. The summed E-state index contributed by atoms with van der Waals surface area (Å²) >= 11 is 0. The highest BCUT2D eigenvalue weighted by atomic mass is 15.1. The molecule has 14 heavy (non-hydrogen) atoms. The predicted molar refractivity (Wildman–Crippen MR) is 62.6 cm³/mol. The van der Waals surface area contributed by atoms with E-state index in [1.54, 1.807) is 0 Å². The molecule has 2 heteroatoms. The van der Waals surface area contributed by atoms with Gasteiger partial charge in [0.2, 0.25) is 0 Å². The molecule has 0 aromatic heterocycles. The van der Waals surface area contributed by atoms with Gasteiger partial charge in [0.15, 0.2) is 0 Å². The average molecular weight is 198 g/mol. The zero-order valence-corrected chi connectivity index (χ0v) is 10.2. The molecule has 0 aromatic carbocycles. The van der Waals surface area contributed by atoms with E-state index in [-0.39, 0.29) is 0 Å². The van der Waals surface area contributed by atoms with Crippen LogP contribution in [0.5, 0.6) is 0 Å². The van der Waals surface area contributed by atoms with E-state index in [1.807, 2.05) is 0 Å². The molecule has 1 rings (SSSR count). The Morgan fingerprint density at radius 1 is 1.36 bits per heavy atom. The zero-order valence-electron chi connectivity index (χ0n) is 10.2. The van der Waals surface area contributed by atoms with Crippen LogP contribution in [0.2, 0.25) is 0 Å². The fourth-order valence-corrected chi connectivity index (χ4v) is 1.70. The molecule has 1 N–H and O–H groups in total. The predicted octanol–water partition coefficient (Wildman–Crippen LogP) is 2.10. The summed E-state index contributed by atoms with van der Waals surface area (Å²) in [5.41, 5.74) is 0. The zero-order chi connectivity index (χ0) is 10.6. The number of nitrogens with zero attached hydrogens (tertiary/aromatic N) is 1. The van der Waals surface area contributed by atoms with Gasteiger partial charge in [-0.3, -0.25) is 0 Å². The third-order valence-electron chi connectivity index (χ3n) is 3.28. The number of hydrogen-bond donors (Lipinski definition) is 1. The molecule has 0 radical (unpaired) electrons. The van der Waals surface area contributed by atoms with Gasteiger partial charge in [0.25, 0.3) is 0 Å². The lowest BCUT2D eigenvalue weighted by molar-refractivity contribution is 0.217. The maximum absolute atomic E-state index is 3.59. The first kappa shape index (κ1) is 12.0. The lowest BCUT2D eigenvalue weighted by atomic mass is 10.1. The van der Waals surface area contributed by atoms with Gasteiger partial charge in [-0.05, 0) is 45.7 Å². The minimum atomic E-state index is 0.721. The van der Waals surface area contributed by atoms with E-state index >= 15 is 0 Å². The third-order valence-corrected chi connectivity index (χ3v) is 3.28. The summed E-state index contributed by atoms with van der Waals surface area (Å²) in [4.78, 5) is 2.47. The van der Waals surface area contributed by atoms with Crippen molar-refractivity contribution in [1.82, 2.24) is 10.2 Å². The Bertz CT molecular complexity index is 154. The molecule has 0 bridgehead atoms. The highest BCUT2D eigenvalue weighted by molar-refractivity contribution is 4.81. The number of nitrogens with one attached hydrogen (secondary N) is 1. The van der Waals surface area contributed by atoms with Crippen molar-refractivity contribution in [1.29, 1.82) is 0 Å². The topological polar surface area (TPSA) is 15.3 Å². The molecule has 1 aliphatic rings. The van der Waals surface area contributed by atoms with Crippen molar-refractivity contribution in [3.05, 3.63) is 0 Å². The lowest BCUT2D eigenvalue weighted by Gasteiger charge is -2.26. The van der Waals surface area contributed by atoms with Gasteiger partial charge in [-0.1, -0.05) is 13.8 Å². The lowest BCUT2D eigenvalue weighted by Crippen LogP contribution is -2.36. The van der Waals surface area contributed by atoms with E-state index < -0.39 is 0 Å². The van der Waals surface area contributed by atoms with Gasteiger partial charge in [0, 0.05) is 18.6 Å². The summed E-state index contributed by atoms with van der Waals surface area (Å²) in [5.74, 6) is 0.773. The molecular weight excluding hydrogens is 172 g/mol. The summed E-state index contributed by atoms with van der Waals surface area (Å²) in [6, 6.07) is 1.57. The van der Waals surface area contributed by atoms with Crippen LogP contribution in [0.15, 0.2) is 0 Å². The molecular formula is C12H26N2. The fourth-order valence-electron chi connectivity index (χ4n) is 1.70. The molecule has 2 nitrogen and oxygen atoms in total. The molecule has 0 heterocycles. The van der Waals surface area contributed by atoms with E-state index in [2.05, 4.69) is 38.0 Å². The summed E-state index contributed by atoms with van der Waals surface area (Å²) in [7, 11) is 2.24. The molecule has 0 amide bonds. The fraction of sp³-hybridized carbons (Fsp3) is 1.00. The summed E-state index contributed by atoms with van der Waals surface area (Å²) in [6.07, 6.45) is 4.04. The van der Waals surface area contributed by atoms with E-state index in [9.17, 15) is 0 Å². The molecule has 84 valence electrons. The van der Waals surface area contributed by atoms with Crippen molar-refractivity contribution >= 4 is 0 Å². The molecule has 0 aromatic rings. The van der Waals surface area contributed by atoms with Gasteiger partial charge in [-0.2, -0.15) is 0 Å². The van der Waals surface area contributed by atoms with Gasteiger partial charge in [-0.25, -0.2) is 0 Å². The van der Waals surface area contributed by atoms with E-state index in [1.165, 1.54) is 32.4 Å². The van der Waals surface area contributed by atoms with E-state index in [4.69, 9.17) is 0 Å². The second-order valence-corrected chi connectivity index (χ2v) is 4.98. The van der Waals surface area contributed by atoms with Crippen LogP contribution in [-0.4, -0.2) is 37.1 Å². The summed E-state index contributed by atoms with van der Waals surface area (Å²) < 4.78 is 0. The highest BCUT2D eigenvalue weighted by Crippen LogP contribution is 2.18. The summed E-state index contributed by atoms with van der Waals surface area (Å²) in [5, 5.41) is 3.59. The molecule has 2 unspecified atom stereocenters. The van der Waals surface area contributed by atoms with E-state index in [0.29, 0.717) is 0 Å². The van der Waals surface area contributed by atoms with E-state index in [0.717, 1.165) is 18.0 Å². The Kier molecular flexibility index (Phi) is 4.90. The minimum Gasteiger partial charge on any atom is -0.314 e.